The van der Waals surface area contributed by atoms with Crippen LogP contribution in [0, 0.1) is 5.92 Å². The molecule has 0 radical (unpaired) electrons. The summed E-state index contributed by atoms with van der Waals surface area (Å²) in [4.78, 5) is 15.5. The summed E-state index contributed by atoms with van der Waals surface area (Å²) in [6.45, 7) is 2.72. The summed E-state index contributed by atoms with van der Waals surface area (Å²) in [6.07, 6.45) is -12.2. The van der Waals surface area contributed by atoms with E-state index in [1.54, 1.807) is 5.32 Å². The maximum Gasteiger partial charge on any atom is 0.461 e. The van der Waals surface area contributed by atoms with Crippen molar-refractivity contribution in [2.24, 2.45) is 11.1 Å². The van der Waals surface area contributed by atoms with Crippen LogP contribution in [0.2, 0.25) is 5.02 Å². The van der Waals surface area contributed by atoms with Crippen LogP contribution in [-0.4, -0.2) is 29.3 Å². The van der Waals surface area contributed by atoms with Gasteiger partial charge in [0.25, 0.3) is 0 Å². The first kappa shape index (κ1) is 23.2. The monoisotopic (exact) mass is 439 g/mol. The summed E-state index contributed by atoms with van der Waals surface area (Å²) in [7, 11) is 0. The fourth-order valence-corrected chi connectivity index (χ4v) is 1.76. The molecule has 2 amide bonds. The van der Waals surface area contributed by atoms with Crippen molar-refractivity contribution in [2.45, 2.75) is 31.9 Å². The van der Waals surface area contributed by atoms with Crippen LogP contribution in [0.3, 0.4) is 0 Å². The minimum absolute atomic E-state index is 0.0928. The molecule has 1 rings (SSSR count). The molecule has 0 aliphatic rings. The highest BCUT2D eigenvalue weighted by molar-refractivity contribution is 6.65. The van der Waals surface area contributed by atoms with Gasteiger partial charge in [-0.1, -0.05) is 48.3 Å². The van der Waals surface area contributed by atoms with E-state index in [9.17, 15) is 31.1 Å². The van der Waals surface area contributed by atoms with E-state index in [1.807, 2.05) is 0 Å². The second kappa shape index (κ2) is 8.42. The summed E-state index contributed by atoms with van der Waals surface area (Å²) in [6, 6.07) is 3.15. The standard InChI is InChI=1S/C14H13Cl2F6N3O2/c1-7(2)10(16)25-27-12(13(17,18)19,14(20,21)22)24-11(26)23-9-5-3-4-8(15)6-9/h3-7H,1-2H3,(H2,23,24,26). The first-order valence-electron chi connectivity index (χ1n) is 7.09. The molecule has 1 aromatic carbocycles. The fraction of sp³-hybridized carbons (Fsp3) is 0.429. The zero-order valence-electron chi connectivity index (χ0n) is 13.7. The normalized spacial score (nSPS) is 13.5. The largest absolute Gasteiger partial charge is 0.461 e. The molecule has 0 atom stereocenters. The molecule has 5 nitrogen and oxygen atoms in total. The zero-order valence-corrected chi connectivity index (χ0v) is 15.2. The Morgan fingerprint density at radius 3 is 2.15 bits per heavy atom. The number of rotatable bonds is 5. The maximum absolute atomic E-state index is 13.3. The van der Waals surface area contributed by atoms with E-state index in [1.165, 1.54) is 32.0 Å². The van der Waals surface area contributed by atoms with Crippen LogP contribution < -0.4 is 10.6 Å². The van der Waals surface area contributed by atoms with Crippen molar-refractivity contribution in [2.75, 3.05) is 5.32 Å². The van der Waals surface area contributed by atoms with Crippen molar-refractivity contribution < 1.29 is 36.0 Å². The fourth-order valence-electron chi connectivity index (χ4n) is 1.53. The van der Waals surface area contributed by atoms with E-state index in [4.69, 9.17) is 23.2 Å². The molecule has 0 fully saturated rings. The quantitative estimate of drug-likeness (QED) is 0.275. The van der Waals surface area contributed by atoms with Crippen molar-refractivity contribution in [3.05, 3.63) is 29.3 Å². The van der Waals surface area contributed by atoms with Crippen LogP contribution in [0.1, 0.15) is 13.8 Å². The number of nitrogens with zero attached hydrogens (tertiary/aromatic N) is 1. The lowest BCUT2D eigenvalue weighted by molar-refractivity contribution is -0.388. The van der Waals surface area contributed by atoms with Gasteiger partial charge in [0.1, 0.15) is 5.17 Å². The Balaban J connectivity index is 3.23. The van der Waals surface area contributed by atoms with Gasteiger partial charge in [-0.3, -0.25) is 5.32 Å². The number of carbonyl (C=O) groups excluding carboxylic acids is 1. The minimum Gasteiger partial charge on any atom is -0.346 e. The van der Waals surface area contributed by atoms with E-state index in [2.05, 4.69) is 9.99 Å². The van der Waals surface area contributed by atoms with Gasteiger partial charge in [0.15, 0.2) is 0 Å². The Labute approximate surface area is 159 Å². The summed E-state index contributed by atoms with van der Waals surface area (Å²) in [5.74, 6) is -0.717. The highest BCUT2D eigenvalue weighted by Gasteiger charge is 2.76. The molecule has 0 saturated heterocycles. The van der Waals surface area contributed by atoms with Crippen molar-refractivity contribution in [3.63, 3.8) is 0 Å². The van der Waals surface area contributed by atoms with E-state index >= 15 is 0 Å². The molecule has 0 spiro atoms. The Morgan fingerprint density at radius 2 is 1.70 bits per heavy atom. The number of amides is 2. The van der Waals surface area contributed by atoms with Gasteiger partial charge in [0.2, 0.25) is 0 Å². The van der Waals surface area contributed by atoms with Gasteiger partial charge in [-0.2, -0.15) is 26.3 Å². The smallest absolute Gasteiger partial charge is 0.346 e. The molecule has 2 N–H and O–H groups in total. The van der Waals surface area contributed by atoms with E-state index in [0.29, 0.717) is 0 Å². The lowest BCUT2D eigenvalue weighted by Gasteiger charge is -2.34. The van der Waals surface area contributed by atoms with Gasteiger partial charge in [-0.15, -0.1) is 0 Å². The van der Waals surface area contributed by atoms with Gasteiger partial charge in [0.05, 0.1) is 0 Å². The Bertz CT molecular complexity index is 693. The topological polar surface area (TPSA) is 62.7 Å². The molecule has 27 heavy (non-hydrogen) atoms. The van der Waals surface area contributed by atoms with Gasteiger partial charge in [-0.05, 0) is 18.2 Å². The Kier molecular flexibility index (Phi) is 7.23. The molecule has 0 unspecified atom stereocenters. The molecule has 152 valence electrons. The highest BCUT2D eigenvalue weighted by Crippen LogP contribution is 2.44. The van der Waals surface area contributed by atoms with Crippen molar-refractivity contribution in [1.82, 2.24) is 5.32 Å². The van der Waals surface area contributed by atoms with E-state index in [0.717, 1.165) is 11.4 Å². The number of halogens is 8. The number of alkyl halides is 6. The zero-order chi connectivity index (χ0) is 21.0. The first-order chi connectivity index (χ1) is 12.2. The predicted octanol–water partition coefficient (Wildman–Crippen LogP) is 5.51. The lowest BCUT2D eigenvalue weighted by atomic mass is 10.2. The molecule has 1 aromatic rings. The molecule has 0 aliphatic heterocycles. The first-order valence-corrected chi connectivity index (χ1v) is 7.85. The SMILES string of the molecule is CC(C)C(Cl)=NOC(NC(=O)Nc1cccc(Cl)c1)(C(F)(F)F)C(F)(F)F. The number of oxime groups is 1. The summed E-state index contributed by atoms with van der Waals surface area (Å²) >= 11 is 11.1. The number of nitrogens with one attached hydrogen (secondary N) is 2. The third-order valence-electron chi connectivity index (χ3n) is 2.92. The molecule has 0 bridgehead atoms. The second-order valence-corrected chi connectivity index (χ2v) is 6.25. The van der Waals surface area contributed by atoms with Crippen molar-refractivity contribution in [3.8, 4) is 0 Å². The third-order valence-corrected chi connectivity index (χ3v) is 3.66. The van der Waals surface area contributed by atoms with Crippen LogP contribution in [0.15, 0.2) is 29.4 Å². The molecule has 0 aliphatic carbocycles. The van der Waals surface area contributed by atoms with Gasteiger partial charge < -0.3 is 10.2 Å². The number of carbonyl (C=O) groups is 1. The lowest BCUT2D eigenvalue weighted by Crippen LogP contribution is -2.69. The number of hydrogen-bond donors (Lipinski definition) is 2. The number of anilines is 1. The molecule has 0 heterocycles. The van der Waals surface area contributed by atoms with Gasteiger partial charge in [-0.25, -0.2) is 4.79 Å². The average Bonchev–Trinajstić information content (AvgIpc) is 2.48. The summed E-state index contributed by atoms with van der Waals surface area (Å²) in [5, 5.41) is 4.65. The highest BCUT2D eigenvalue weighted by atomic mass is 35.5. The van der Waals surface area contributed by atoms with Crippen molar-refractivity contribution >= 4 is 40.1 Å². The molecular weight excluding hydrogens is 427 g/mol. The van der Waals surface area contributed by atoms with E-state index in [-0.39, 0.29) is 10.7 Å². The maximum atomic E-state index is 13.3. The average molecular weight is 440 g/mol. The van der Waals surface area contributed by atoms with Crippen LogP contribution in [0.25, 0.3) is 0 Å². The third kappa shape index (κ3) is 5.80. The molecule has 13 heteroatoms. The number of hydrogen-bond acceptors (Lipinski definition) is 3. The summed E-state index contributed by atoms with van der Waals surface area (Å²) in [5.41, 5.74) is -5.28. The summed E-state index contributed by atoms with van der Waals surface area (Å²) < 4.78 is 79.6. The van der Waals surface area contributed by atoms with Crippen LogP contribution in [0.5, 0.6) is 0 Å². The molecule has 0 aromatic heterocycles. The van der Waals surface area contributed by atoms with E-state index < -0.39 is 35.2 Å². The molecule has 0 saturated carbocycles. The van der Waals surface area contributed by atoms with Crippen LogP contribution >= 0.6 is 23.2 Å². The van der Waals surface area contributed by atoms with Crippen LogP contribution in [-0.2, 0) is 4.84 Å². The predicted molar refractivity (Wildman–Crippen MR) is 87.7 cm³/mol. The van der Waals surface area contributed by atoms with Crippen LogP contribution in [0.4, 0.5) is 36.8 Å². The Morgan fingerprint density at radius 1 is 1.15 bits per heavy atom. The molecular formula is C14H13Cl2F6N3O2. The van der Waals surface area contributed by atoms with Gasteiger partial charge >= 0.3 is 24.1 Å². The minimum atomic E-state index is -6.12. The number of urea groups is 1. The van der Waals surface area contributed by atoms with Gasteiger partial charge in [0, 0.05) is 16.6 Å². The number of benzene rings is 1. The second-order valence-electron chi connectivity index (χ2n) is 5.43. The Hall–Kier alpha value is -1.88. The van der Waals surface area contributed by atoms with Crippen molar-refractivity contribution in [1.29, 1.82) is 0 Å².